The maximum absolute atomic E-state index is 14.9. The minimum absolute atomic E-state index is 0.0180. The number of fused-ring (bicyclic) bond motifs is 5. The molecule has 1 unspecified atom stereocenters. The van der Waals surface area contributed by atoms with E-state index in [-0.39, 0.29) is 35.4 Å². The van der Waals surface area contributed by atoms with Gasteiger partial charge in [0.2, 0.25) is 5.76 Å². The van der Waals surface area contributed by atoms with Crippen LogP contribution in [0, 0.1) is 0 Å². The second-order valence-electron chi connectivity index (χ2n) is 10.2. The lowest BCUT2D eigenvalue weighted by atomic mass is 9.83. The summed E-state index contributed by atoms with van der Waals surface area (Å²) >= 11 is 12.8. The average molecular weight is 581 g/mol. The van der Waals surface area contributed by atoms with Gasteiger partial charge in [-0.25, -0.2) is 0 Å². The van der Waals surface area contributed by atoms with E-state index in [4.69, 9.17) is 27.6 Å². The number of hydrogen-bond acceptors (Lipinski definition) is 4. The lowest BCUT2D eigenvalue weighted by Crippen LogP contribution is -2.53. The molecule has 6 nitrogen and oxygen atoms in total. The Morgan fingerprint density at radius 1 is 0.805 bits per heavy atom. The van der Waals surface area contributed by atoms with Crippen LogP contribution in [-0.2, 0) is 23.3 Å². The Morgan fingerprint density at radius 3 is 2.34 bits per heavy atom. The maximum Gasteiger partial charge on any atom is 0.291 e. The minimum atomic E-state index is -1.71. The van der Waals surface area contributed by atoms with Crippen molar-refractivity contribution in [3.63, 3.8) is 0 Å². The summed E-state index contributed by atoms with van der Waals surface area (Å²) in [6, 6.07) is 29.0. The van der Waals surface area contributed by atoms with Crippen molar-refractivity contribution in [2.75, 3.05) is 11.4 Å². The highest BCUT2D eigenvalue weighted by Gasteiger charge is 2.64. The molecular weight excluding hydrogens is 559 g/mol. The first kappa shape index (κ1) is 25.6. The van der Waals surface area contributed by atoms with Crippen molar-refractivity contribution in [1.82, 2.24) is 4.90 Å². The Morgan fingerprint density at radius 2 is 1.54 bits per heavy atom. The molecule has 0 bridgehead atoms. The van der Waals surface area contributed by atoms with Crippen LogP contribution in [0.3, 0.4) is 0 Å². The molecule has 3 heterocycles. The van der Waals surface area contributed by atoms with Gasteiger partial charge in [-0.1, -0.05) is 89.9 Å². The van der Waals surface area contributed by atoms with Gasteiger partial charge in [0, 0.05) is 22.2 Å². The molecule has 4 aromatic carbocycles. The van der Waals surface area contributed by atoms with Crippen LogP contribution in [0.4, 0.5) is 5.69 Å². The molecule has 0 saturated carbocycles. The van der Waals surface area contributed by atoms with Crippen molar-refractivity contribution >= 4 is 51.7 Å². The third-order valence-electron chi connectivity index (χ3n) is 7.95. The Balaban J connectivity index is 1.48. The summed E-state index contributed by atoms with van der Waals surface area (Å²) in [5, 5.41) is 1.08. The molecule has 0 saturated heterocycles. The van der Waals surface area contributed by atoms with Crippen LogP contribution in [0.5, 0.6) is 0 Å². The van der Waals surface area contributed by atoms with Crippen molar-refractivity contribution in [3.8, 4) is 0 Å². The van der Waals surface area contributed by atoms with Crippen molar-refractivity contribution in [2.45, 2.75) is 18.5 Å². The smallest absolute Gasteiger partial charge is 0.291 e. The van der Waals surface area contributed by atoms with Crippen LogP contribution in [-0.4, -0.2) is 23.3 Å². The third kappa shape index (κ3) is 3.75. The van der Waals surface area contributed by atoms with Gasteiger partial charge in [0.05, 0.1) is 23.2 Å². The number of anilines is 1. The first-order valence-corrected chi connectivity index (χ1v) is 13.9. The Hall–Kier alpha value is -4.39. The van der Waals surface area contributed by atoms with Crippen molar-refractivity contribution in [2.24, 2.45) is 0 Å². The number of rotatable bonds is 5. The maximum atomic E-state index is 14.9. The summed E-state index contributed by atoms with van der Waals surface area (Å²) in [5.74, 6) is -1.04. The predicted molar refractivity (Wildman–Crippen MR) is 159 cm³/mol. The summed E-state index contributed by atoms with van der Waals surface area (Å²) < 4.78 is 6.12. The fourth-order valence-electron chi connectivity index (χ4n) is 6.10. The first-order valence-electron chi connectivity index (χ1n) is 13.2. The summed E-state index contributed by atoms with van der Waals surface area (Å²) in [6.07, 6.45) is 0.474. The Bertz CT molecular complexity index is 1940. The average Bonchev–Trinajstić information content (AvgIpc) is 3.38. The Kier molecular flexibility index (Phi) is 6.00. The molecule has 1 atom stereocenters. The molecule has 1 aromatic heterocycles. The van der Waals surface area contributed by atoms with Gasteiger partial charge < -0.3 is 14.2 Å². The third-order valence-corrected chi connectivity index (χ3v) is 8.55. The van der Waals surface area contributed by atoms with Gasteiger partial charge in [0.25, 0.3) is 11.8 Å². The van der Waals surface area contributed by atoms with Gasteiger partial charge in [0.15, 0.2) is 11.0 Å². The van der Waals surface area contributed by atoms with Gasteiger partial charge in [-0.05, 0) is 47.9 Å². The lowest BCUT2D eigenvalue weighted by molar-refractivity contribution is -0.126. The van der Waals surface area contributed by atoms with Crippen molar-refractivity contribution in [1.29, 1.82) is 0 Å². The quantitative estimate of drug-likeness (QED) is 0.235. The topological polar surface area (TPSA) is 70.8 Å². The van der Waals surface area contributed by atoms with Crippen molar-refractivity contribution < 1.29 is 14.0 Å². The van der Waals surface area contributed by atoms with Gasteiger partial charge in [-0.2, -0.15) is 0 Å². The van der Waals surface area contributed by atoms with E-state index in [2.05, 4.69) is 0 Å². The van der Waals surface area contributed by atoms with E-state index in [1.54, 1.807) is 29.2 Å². The monoisotopic (exact) mass is 580 g/mol. The fraction of sp³-hybridized carbons (Fsp3) is 0.121. The SMILES string of the molecule is O=C1c2oc3ccc(Cl)cc3c(=O)c2C2(C(=O)N(Cc3ccccc3Cl)c3ccccc32)N1CCc1ccccc1. The lowest BCUT2D eigenvalue weighted by Gasteiger charge is -2.34. The predicted octanol–water partition coefficient (Wildman–Crippen LogP) is 6.59. The second-order valence-corrected chi connectivity index (χ2v) is 11.0. The number of benzene rings is 4. The van der Waals surface area contributed by atoms with E-state index in [1.807, 2.05) is 66.7 Å². The zero-order chi connectivity index (χ0) is 28.3. The molecular formula is C33H22Cl2N2O4. The minimum Gasteiger partial charge on any atom is -0.450 e. The molecule has 7 rings (SSSR count). The molecule has 0 radical (unpaired) electrons. The van der Waals surface area contributed by atoms with Gasteiger partial charge in [0.1, 0.15) is 5.58 Å². The number of para-hydroxylation sites is 1. The van der Waals surface area contributed by atoms with E-state index in [0.29, 0.717) is 27.7 Å². The molecule has 8 heteroatoms. The van der Waals surface area contributed by atoms with E-state index in [9.17, 15) is 14.4 Å². The number of amides is 2. The van der Waals surface area contributed by atoms with E-state index >= 15 is 0 Å². The van der Waals surface area contributed by atoms with Gasteiger partial charge in [-0.3, -0.25) is 14.4 Å². The number of hydrogen-bond donors (Lipinski definition) is 0. The molecule has 2 aliphatic heterocycles. The molecule has 0 N–H and O–H groups in total. The molecule has 0 fully saturated rings. The summed E-state index contributed by atoms with van der Waals surface area (Å²) in [7, 11) is 0. The number of carbonyl (C=O) groups is 2. The number of carbonyl (C=O) groups excluding carboxylic acids is 2. The van der Waals surface area contributed by atoms with Crippen LogP contribution < -0.4 is 10.3 Å². The van der Waals surface area contributed by atoms with E-state index < -0.39 is 22.8 Å². The number of nitrogens with zero attached hydrogens (tertiary/aromatic N) is 2. The highest BCUT2D eigenvalue weighted by atomic mass is 35.5. The van der Waals surface area contributed by atoms with Crippen LogP contribution >= 0.6 is 23.2 Å². The van der Waals surface area contributed by atoms with E-state index in [1.165, 1.54) is 11.0 Å². The van der Waals surface area contributed by atoms with Gasteiger partial charge >= 0.3 is 0 Å². The molecule has 2 amide bonds. The molecule has 5 aromatic rings. The second kappa shape index (κ2) is 9.61. The summed E-state index contributed by atoms with van der Waals surface area (Å²) in [4.78, 5) is 46.5. The summed E-state index contributed by atoms with van der Waals surface area (Å²) in [6.45, 7) is 0.349. The van der Waals surface area contributed by atoms with Crippen molar-refractivity contribution in [3.05, 3.63) is 145 Å². The largest absolute Gasteiger partial charge is 0.450 e. The summed E-state index contributed by atoms with van der Waals surface area (Å²) in [5.41, 5.74) is 0.973. The highest BCUT2D eigenvalue weighted by molar-refractivity contribution is 6.31. The van der Waals surface area contributed by atoms with Crippen LogP contribution in [0.2, 0.25) is 10.0 Å². The molecule has 41 heavy (non-hydrogen) atoms. The molecule has 202 valence electrons. The van der Waals surface area contributed by atoms with Crippen LogP contribution in [0.25, 0.3) is 11.0 Å². The highest BCUT2D eigenvalue weighted by Crippen LogP contribution is 2.53. The van der Waals surface area contributed by atoms with E-state index in [0.717, 1.165) is 11.1 Å². The first-order chi connectivity index (χ1) is 19.9. The zero-order valence-corrected chi connectivity index (χ0v) is 23.2. The van der Waals surface area contributed by atoms with Crippen LogP contribution in [0.15, 0.2) is 106 Å². The normalized spacial score (nSPS) is 17.5. The fourth-order valence-corrected chi connectivity index (χ4v) is 6.47. The molecule has 0 aliphatic carbocycles. The Labute approximate surface area is 245 Å². The van der Waals surface area contributed by atoms with Gasteiger partial charge in [-0.15, -0.1) is 0 Å². The molecule has 2 aliphatic rings. The van der Waals surface area contributed by atoms with Crippen LogP contribution in [0.1, 0.15) is 32.8 Å². The zero-order valence-electron chi connectivity index (χ0n) is 21.6. The number of halogens is 2. The molecule has 1 spiro atoms. The standard InChI is InChI=1S/C33H22Cl2N2O4/c34-22-14-15-27-23(18-22)29(38)28-30(41-27)31(39)37(17-16-20-8-2-1-3-9-20)33(28)24-11-5-7-13-26(24)36(32(33)40)19-21-10-4-6-12-25(21)35/h1-15,18H,16-17,19H2.